The lowest BCUT2D eigenvalue weighted by Crippen LogP contribution is -2.62. The Hall–Kier alpha value is -0.630. The number of β-lactam (4-membered cyclic amide) rings is 1. The largest absolute Gasteiger partial charge is 0.456 e. The van der Waals surface area contributed by atoms with Crippen molar-refractivity contribution >= 4 is 64.2 Å². The van der Waals surface area contributed by atoms with Crippen LogP contribution in [0.5, 0.6) is 0 Å². The van der Waals surface area contributed by atoms with Crippen molar-refractivity contribution in [1.82, 2.24) is 4.90 Å². The van der Waals surface area contributed by atoms with E-state index >= 15 is 0 Å². The minimum Gasteiger partial charge on any atom is -0.456 e. The fourth-order valence-electron chi connectivity index (χ4n) is 1.82. The fraction of sp³-hybridized carbons (Fsp3) is 0.500. The summed E-state index contributed by atoms with van der Waals surface area (Å²) in [5.41, 5.74) is 0.792. The number of oxime groups is 1. The third-order valence-corrected chi connectivity index (χ3v) is 4.35. The first-order valence-electron chi connectivity index (χ1n) is 5.37. The molecule has 0 bridgehead atoms. The Balaban J connectivity index is 2.17. The average molecular weight is 360 g/mol. The van der Waals surface area contributed by atoms with Gasteiger partial charge in [0, 0.05) is 5.75 Å². The molecule has 0 aromatic heterocycles. The van der Waals surface area contributed by atoms with Gasteiger partial charge in [0.1, 0.15) is 17.7 Å². The fourth-order valence-corrected chi connectivity index (χ4v) is 3.19. The summed E-state index contributed by atoms with van der Waals surface area (Å²) >= 11 is 17.9. The van der Waals surface area contributed by atoms with Gasteiger partial charge < -0.3 is 9.94 Å². The SMILES string of the molecule is CC1=C(C(=O)OCC(Cl)(Cl)Cl)N2C(=O)C(=NO)[C@H]2SC1. The van der Waals surface area contributed by atoms with E-state index in [0.29, 0.717) is 11.3 Å². The molecule has 10 heteroatoms. The number of amides is 1. The van der Waals surface area contributed by atoms with Crippen molar-refractivity contribution in [2.75, 3.05) is 12.4 Å². The zero-order valence-electron chi connectivity index (χ0n) is 10.1. The molecular formula is C10H9Cl3N2O4S. The van der Waals surface area contributed by atoms with Gasteiger partial charge in [0.25, 0.3) is 5.91 Å². The molecule has 1 fully saturated rings. The van der Waals surface area contributed by atoms with Gasteiger partial charge in [-0.1, -0.05) is 40.0 Å². The number of hydrogen-bond donors (Lipinski definition) is 1. The molecule has 0 spiro atoms. The van der Waals surface area contributed by atoms with Crippen molar-refractivity contribution in [1.29, 1.82) is 0 Å². The van der Waals surface area contributed by atoms with E-state index in [1.807, 2.05) is 0 Å². The first-order chi connectivity index (χ1) is 9.26. The van der Waals surface area contributed by atoms with Crippen molar-refractivity contribution in [2.45, 2.75) is 16.1 Å². The van der Waals surface area contributed by atoms with Crippen LogP contribution in [0.2, 0.25) is 0 Å². The number of halogens is 3. The maximum atomic E-state index is 12.0. The van der Waals surface area contributed by atoms with Crippen LogP contribution in [0.4, 0.5) is 0 Å². The normalized spacial score (nSPS) is 24.6. The van der Waals surface area contributed by atoms with Crippen LogP contribution in [0, 0.1) is 0 Å². The van der Waals surface area contributed by atoms with Gasteiger partial charge >= 0.3 is 5.97 Å². The predicted octanol–water partition coefficient (Wildman–Crippen LogP) is 1.92. The van der Waals surface area contributed by atoms with Gasteiger partial charge in [-0.15, -0.1) is 11.8 Å². The standard InChI is InChI=1S/C10H9Cl3N2O4S/c1-4-2-20-8-5(14-18)7(16)15(8)6(4)9(17)19-3-10(11,12)13/h8,18H,2-3H2,1H3/t8-/m1/s1. The number of carbonyl (C=O) groups is 2. The maximum Gasteiger partial charge on any atom is 0.355 e. The van der Waals surface area contributed by atoms with Crippen LogP contribution in [0.25, 0.3) is 0 Å². The first-order valence-corrected chi connectivity index (χ1v) is 7.55. The van der Waals surface area contributed by atoms with Gasteiger partial charge in [-0.3, -0.25) is 9.69 Å². The van der Waals surface area contributed by atoms with Crippen molar-refractivity contribution in [2.24, 2.45) is 5.16 Å². The van der Waals surface area contributed by atoms with Crippen molar-refractivity contribution in [3.8, 4) is 0 Å². The molecule has 1 N–H and O–H groups in total. The van der Waals surface area contributed by atoms with Crippen LogP contribution in [-0.2, 0) is 14.3 Å². The minimum atomic E-state index is -1.72. The van der Waals surface area contributed by atoms with E-state index in [1.54, 1.807) is 6.92 Å². The number of fused-ring (bicyclic) bond motifs is 1. The van der Waals surface area contributed by atoms with Crippen LogP contribution < -0.4 is 0 Å². The maximum absolute atomic E-state index is 12.0. The number of ether oxygens (including phenoxy) is 1. The number of hydrogen-bond acceptors (Lipinski definition) is 6. The molecule has 1 amide bonds. The second-order valence-corrected chi connectivity index (χ2v) is 7.73. The molecule has 0 unspecified atom stereocenters. The molecule has 1 saturated heterocycles. The highest BCUT2D eigenvalue weighted by Crippen LogP contribution is 2.39. The number of rotatable bonds is 2. The molecule has 20 heavy (non-hydrogen) atoms. The highest BCUT2D eigenvalue weighted by atomic mass is 35.6. The highest BCUT2D eigenvalue weighted by molar-refractivity contribution is 8.01. The lowest BCUT2D eigenvalue weighted by atomic mass is 10.1. The van der Waals surface area contributed by atoms with Gasteiger partial charge in [0.2, 0.25) is 3.79 Å². The Morgan fingerprint density at radius 1 is 1.60 bits per heavy atom. The van der Waals surface area contributed by atoms with Crippen LogP contribution in [0.1, 0.15) is 6.92 Å². The van der Waals surface area contributed by atoms with Gasteiger partial charge in [-0.25, -0.2) is 4.79 Å². The lowest BCUT2D eigenvalue weighted by Gasteiger charge is -2.43. The molecule has 2 aliphatic rings. The molecule has 1 atom stereocenters. The van der Waals surface area contributed by atoms with E-state index in [1.165, 1.54) is 16.7 Å². The van der Waals surface area contributed by atoms with E-state index in [2.05, 4.69) is 5.16 Å². The van der Waals surface area contributed by atoms with E-state index in [0.717, 1.165) is 0 Å². The quantitative estimate of drug-likeness (QED) is 0.268. The summed E-state index contributed by atoms with van der Waals surface area (Å²) in [5.74, 6) is -0.777. The topological polar surface area (TPSA) is 79.2 Å². The van der Waals surface area contributed by atoms with Crippen LogP contribution >= 0.6 is 46.6 Å². The first kappa shape index (κ1) is 15.8. The monoisotopic (exact) mass is 358 g/mol. The number of alkyl halides is 3. The highest BCUT2D eigenvalue weighted by Gasteiger charge is 2.51. The van der Waals surface area contributed by atoms with Gasteiger partial charge in [0.05, 0.1) is 0 Å². The average Bonchev–Trinajstić information content (AvgIpc) is 2.36. The van der Waals surface area contributed by atoms with E-state index in [4.69, 9.17) is 44.7 Å². The van der Waals surface area contributed by atoms with Crippen molar-refractivity contribution < 1.29 is 19.5 Å². The van der Waals surface area contributed by atoms with Gasteiger partial charge in [-0.2, -0.15) is 0 Å². The molecule has 2 heterocycles. The predicted molar refractivity (Wildman–Crippen MR) is 76.3 cm³/mol. The van der Waals surface area contributed by atoms with E-state index in [-0.39, 0.29) is 11.4 Å². The summed E-state index contributed by atoms with van der Waals surface area (Å²) in [4.78, 5) is 25.0. The Morgan fingerprint density at radius 2 is 2.25 bits per heavy atom. The van der Waals surface area contributed by atoms with Crippen LogP contribution in [0.3, 0.4) is 0 Å². The van der Waals surface area contributed by atoms with Gasteiger partial charge in [0.15, 0.2) is 5.71 Å². The number of carbonyl (C=O) groups excluding carboxylic acids is 2. The molecule has 0 saturated carbocycles. The van der Waals surface area contributed by atoms with Crippen molar-refractivity contribution in [3.05, 3.63) is 11.3 Å². The number of nitrogens with zero attached hydrogens (tertiary/aromatic N) is 2. The Kier molecular flexibility index (Phi) is 4.44. The second kappa shape index (κ2) is 5.63. The lowest BCUT2D eigenvalue weighted by molar-refractivity contribution is -0.144. The van der Waals surface area contributed by atoms with Crippen LogP contribution in [-0.4, -0.2) is 49.2 Å². The molecule has 0 aromatic rings. The van der Waals surface area contributed by atoms with Crippen LogP contribution in [0.15, 0.2) is 16.4 Å². The third-order valence-electron chi connectivity index (χ3n) is 2.68. The summed E-state index contributed by atoms with van der Waals surface area (Å²) in [5, 5.41) is 11.2. The Labute approximate surface area is 133 Å². The molecule has 2 aliphatic heterocycles. The van der Waals surface area contributed by atoms with Gasteiger partial charge in [-0.05, 0) is 12.5 Å². The third kappa shape index (κ3) is 2.86. The zero-order valence-corrected chi connectivity index (χ0v) is 13.2. The summed E-state index contributed by atoms with van der Waals surface area (Å²) in [6, 6.07) is 0. The molecule has 0 aliphatic carbocycles. The molecule has 6 nitrogen and oxygen atoms in total. The molecule has 0 aromatic carbocycles. The molecule has 0 radical (unpaired) electrons. The second-order valence-electron chi connectivity index (χ2n) is 4.14. The van der Waals surface area contributed by atoms with E-state index < -0.39 is 27.6 Å². The molecule has 110 valence electrons. The molecular weight excluding hydrogens is 351 g/mol. The summed E-state index contributed by atoms with van der Waals surface area (Å²) in [6.45, 7) is 1.28. The smallest absolute Gasteiger partial charge is 0.355 e. The number of esters is 1. The van der Waals surface area contributed by atoms with Crippen molar-refractivity contribution in [3.63, 3.8) is 0 Å². The zero-order chi connectivity index (χ0) is 15.1. The summed E-state index contributed by atoms with van der Waals surface area (Å²) in [7, 11) is 0. The number of thioether (sulfide) groups is 1. The minimum absolute atomic E-state index is 0.00850. The Bertz CT molecular complexity index is 529. The summed E-state index contributed by atoms with van der Waals surface area (Å²) in [6.07, 6.45) is 0. The summed E-state index contributed by atoms with van der Waals surface area (Å²) < 4.78 is 3.17. The Morgan fingerprint density at radius 3 is 2.80 bits per heavy atom. The molecule has 2 rings (SSSR count). The van der Waals surface area contributed by atoms with E-state index in [9.17, 15) is 9.59 Å².